The molecule has 3 aromatic rings. The number of hydrogen-bond donors (Lipinski definition) is 0. The lowest BCUT2D eigenvalue weighted by Crippen LogP contribution is -2.42. The van der Waals surface area contributed by atoms with E-state index in [1.54, 1.807) is 23.5 Å². The number of aryl methyl sites for hydroxylation is 1. The molecule has 0 radical (unpaired) electrons. The Morgan fingerprint density at radius 1 is 1.19 bits per heavy atom. The molecule has 2 aliphatic rings. The molecule has 4 atom stereocenters. The molecular weight excluding hydrogens is 411 g/mol. The molecule has 1 aliphatic carbocycles. The molecule has 2 fully saturated rings. The van der Waals surface area contributed by atoms with E-state index in [0.29, 0.717) is 36.7 Å². The van der Waals surface area contributed by atoms with Gasteiger partial charge in [-0.15, -0.1) is 11.3 Å². The van der Waals surface area contributed by atoms with Gasteiger partial charge in [-0.3, -0.25) is 4.79 Å². The predicted molar refractivity (Wildman–Crippen MR) is 119 cm³/mol. The quantitative estimate of drug-likeness (QED) is 0.535. The molecule has 160 valence electrons. The highest BCUT2D eigenvalue weighted by Gasteiger charge is 2.60. The molecule has 1 aliphatic heterocycles. The van der Waals surface area contributed by atoms with E-state index < -0.39 is 0 Å². The molecule has 6 heteroatoms. The molecule has 0 N–H and O–H groups in total. The van der Waals surface area contributed by atoms with Crippen molar-refractivity contribution in [3.8, 4) is 10.4 Å². The maximum Gasteiger partial charge on any atom is 0.274 e. The van der Waals surface area contributed by atoms with Crippen LogP contribution in [0.5, 0.6) is 0 Å². The number of halogens is 1. The van der Waals surface area contributed by atoms with Crippen molar-refractivity contribution in [3.05, 3.63) is 76.7 Å². The lowest BCUT2D eigenvalue weighted by atomic mass is 10.1. The Balaban J connectivity index is 1.33. The zero-order valence-corrected chi connectivity index (χ0v) is 18.4. The molecule has 4 nitrogen and oxygen atoms in total. The second-order valence-electron chi connectivity index (χ2n) is 8.54. The Morgan fingerprint density at radius 3 is 2.68 bits per heavy atom. The van der Waals surface area contributed by atoms with E-state index in [9.17, 15) is 9.18 Å². The highest BCUT2D eigenvalue weighted by atomic mass is 32.1. The van der Waals surface area contributed by atoms with Crippen molar-refractivity contribution >= 4 is 17.2 Å². The van der Waals surface area contributed by atoms with Gasteiger partial charge in [0.15, 0.2) is 0 Å². The smallest absolute Gasteiger partial charge is 0.274 e. The van der Waals surface area contributed by atoms with Gasteiger partial charge in [-0.25, -0.2) is 9.37 Å². The number of aromatic nitrogens is 1. The summed E-state index contributed by atoms with van der Waals surface area (Å²) in [6.07, 6.45) is 0. The number of hydrogen-bond acceptors (Lipinski definition) is 4. The van der Waals surface area contributed by atoms with Crippen LogP contribution >= 0.6 is 11.3 Å². The minimum atomic E-state index is -0.251. The molecule has 0 unspecified atom stereocenters. The fourth-order valence-electron chi connectivity index (χ4n) is 4.88. The van der Waals surface area contributed by atoms with E-state index >= 15 is 0 Å². The molecule has 1 aromatic heterocycles. The number of nitrogens with zero attached hydrogens (tertiary/aromatic N) is 2. The fourth-order valence-corrected chi connectivity index (χ4v) is 5.80. The molecule has 1 saturated heterocycles. The third kappa shape index (κ3) is 3.90. The molecule has 2 heterocycles. The first kappa shape index (κ1) is 20.3. The van der Waals surface area contributed by atoms with Crippen molar-refractivity contribution in [2.24, 2.45) is 17.8 Å². The summed E-state index contributed by atoms with van der Waals surface area (Å²) in [5, 5.41) is 0.893. The predicted octanol–water partition coefficient (Wildman–Crippen LogP) is 5.18. The Bertz CT molecular complexity index is 1080. The monoisotopic (exact) mass is 436 g/mol. The summed E-state index contributed by atoms with van der Waals surface area (Å²) >= 11 is 1.56. The van der Waals surface area contributed by atoms with Crippen molar-refractivity contribution in [3.63, 3.8) is 0 Å². The number of fused-ring (bicyclic) bond motifs is 1. The SMILES string of the molecule is Cc1nc(C(=O)N2C[C@H]3[C@@H](C)[C@H]3[C@H]2COCc2ccc(F)cc2)c(-c2ccccc2)s1. The number of likely N-dealkylation sites (tertiary alicyclic amines) is 1. The highest BCUT2D eigenvalue weighted by molar-refractivity contribution is 7.15. The first-order chi connectivity index (χ1) is 15.0. The van der Waals surface area contributed by atoms with E-state index in [4.69, 9.17) is 4.74 Å². The van der Waals surface area contributed by atoms with Crippen LogP contribution in [0.3, 0.4) is 0 Å². The van der Waals surface area contributed by atoms with Gasteiger partial charge >= 0.3 is 0 Å². The van der Waals surface area contributed by atoms with Gasteiger partial charge in [0.2, 0.25) is 0 Å². The van der Waals surface area contributed by atoms with Gasteiger partial charge in [-0.1, -0.05) is 49.4 Å². The standard InChI is InChI=1S/C25H25FN2O2S/c1-15-20-12-28(21(22(15)20)14-30-13-17-8-10-19(26)11-9-17)25(29)23-24(31-16(2)27-23)18-6-4-3-5-7-18/h3-11,15,20-22H,12-14H2,1-2H3/t15-,20+,21-,22-/m1/s1. The van der Waals surface area contributed by atoms with Crippen molar-refractivity contribution in [1.82, 2.24) is 9.88 Å². The third-order valence-corrected chi connectivity index (χ3v) is 7.61. The zero-order valence-electron chi connectivity index (χ0n) is 17.6. The number of carbonyl (C=O) groups excluding carboxylic acids is 1. The Hall–Kier alpha value is -2.57. The summed E-state index contributed by atoms with van der Waals surface area (Å²) in [6.45, 7) is 5.86. The maximum atomic E-state index is 13.6. The molecule has 0 spiro atoms. The molecule has 5 rings (SSSR count). The minimum absolute atomic E-state index is 0.00187. The van der Waals surface area contributed by atoms with Crippen LogP contribution in [0.25, 0.3) is 10.4 Å². The van der Waals surface area contributed by atoms with E-state index in [0.717, 1.165) is 27.6 Å². The summed E-state index contributed by atoms with van der Waals surface area (Å²) in [4.78, 5) is 21.1. The van der Waals surface area contributed by atoms with Crippen LogP contribution < -0.4 is 0 Å². The first-order valence-corrected chi connectivity index (χ1v) is 11.5. The molecule has 0 bridgehead atoms. The van der Waals surface area contributed by atoms with Crippen LogP contribution in [0, 0.1) is 30.5 Å². The largest absolute Gasteiger partial charge is 0.375 e. The molecule has 1 amide bonds. The average molecular weight is 437 g/mol. The van der Waals surface area contributed by atoms with Crippen LogP contribution in [0.1, 0.15) is 28.0 Å². The zero-order chi connectivity index (χ0) is 21.5. The Kier molecular flexibility index (Phi) is 5.36. The van der Waals surface area contributed by atoms with E-state index in [1.807, 2.05) is 42.2 Å². The van der Waals surface area contributed by atoms with Crippen molar-refractivity contribution in [1.29, 1.82) is 0 Å². The van der Waals surface area contributed by atoms with Gasteiger partial charge in [0.25, 0.3) is 5.91 Å². The second-order valence-corrected chi connectivity index (χ2v) is 9.75. The normalized spacial score (nSPS) is 24.3. The summed E-state index contributed by atoms with van der Waals surface area (Å²) in [5.74, 6) is 1.39. The lowest BCUT2D eigenvalue weighted by molar-refractivity contribution is 0.0402. The summed E-state index contributed by atoms with van der Waals surface area (Å²) in [7, 11) is 0. The molecule has 1 saturated carbocycles. The Labute approximate surface area is 185 Å². The molecule has 2 aromatic carbocycles. The summed E-state index contributed by atoms with van der Waals surface area (Å²) < 4.78 is 19.1. The number of amides is 1. The minimum Gasteiger partial charge on any atom is -0.375 e. The van der Waals surface area contributed by atoms with Gasteiger partial charge in [0, 0.05) is 6.54 Å². The number of benzene rings is 2. The fraction of sp³-hybridized carbons (Fsp3) is 0.360. The van der Waals surface area contributed by atoms with E-state index in [2.05, 4.69) is 11.9 Å². The molecular formula is C25H25FN2O2S. The van der Waals surface area contributed by atoms with Crippen LogP contribution in [0.2, 0.25) is 0 Å². The maximum absolute atomic E-state index is 13.6. The average Bonchev–Trinajstić information content (AvgIpc) is 3.10. The number of piperidine rings is 1. The van der Waals surface area contributed by atoms with Gasteiger partial charge in [0.05, 0.1) is 29.1 Å². The van der Waals surface area contributed by atoms with Gasteiger partial charge in [-0.05, 0) is 47.9 Å². The van der Waals surface area contributed by atoms with Crippen molar-refractivity contribution in [2.45, 2.75) is 26.5 Å². The van der Waals surface area contributed by atoms with Crippen LogP contribution in [0.15, 0.2) is 54.6 Å². The number of rotatable bonds is 6. The van der Waals surface area contributed by atoms with Gasteiger partial charge in [-0.2, -0.15) is 0 Å². The summed E-state index contributed by atoms with van der Waals surface area (Å²) in [6, 6.07) is 16.4. The van der Waals surface area contributed by atoms with Gasteiger partial charge in [0.1, 0.15) is 11.5 Å². The molecule has 31 heavy (non-hydrogen) atoms. The highest BCUT2D eigenvalue weighted by Crippen LogP contribution is 2.55. The lowest BCUT2D eigenvalue weighted by Gasteiger charge is -2.28. The number of thiazole rings is 1. The Morgan fingerprint density at radius 2 is 1.94 bits per heavy atom. The van der Waals surface area contributed by atoms with Crippen molar-refractivity contribution in [2.75, 3.05) is 13.2 Å². The number of ether oxygens (including phenoxy) is 1. The topological polar surface area (TPSA) is 42.4 Å². The second kappa shape index (κ2) is 8.17. The van der Waals surface area contributed by atoms with E-state index in [-0.39, 0.29) is 17.8 Å². The van der Waals surface area contributed by atoms with Crippen LogP contribution in [-0.4, -0.2) is 35.0 Å². The third-order valence-electron chi connectivity index (χ3n) is 6.59. The first-order valence-electron chi connectivity index (χ1n) is 10.7. The summed E-state index contributed by atoms with van der Waals surface area (Å²) in [5.41, 5.74) is 2.50. The van der Waals surface area contributed by atoms with Gasteiger partial charge < -0.3 is 9.64 Å². The van der Waals surface area contributed by atoms with Crippen LogP contribution in [0.4, 0.5) is 4.39 Å². The van der Waals surface area contributed by atoms with Crippen molar-refractivity contribution < 1.29 is 13.9 Å². The van der Waals surface area contributed by atoms with Crippen LogP contribution in [-0.2, 0) is 11.3 Å². The van der Waals surface area contributed by atoms with E-state index in [1.165, 1.54) is 12.1 Å². The number of carbonyl (C=O) groups is 1.